The number of carbonyl (C=O) groups is 1. The van der Waals surface area contributed by atoms with E-state index in [1.165, 1.54) is 5.56 Å². The SMILES string of the molecule is Cc1cc2cccc(C(N)=O)c2nc1C1CCN(CC2COc3ccccc3O2)CC1. The van der Waals surface area contributed by atoms with Crippen LogP contribution in [0.4, 0.5) is 0 Å². The van der Waals surface area contributed by atoms with Crippen LogP contribution < -0.4 is 15.2 Å². The maximum Gasteiger partial charge on any atom is 0.250 e. The van der Waals surface area contributed by atoms with Crippen LogP contribution in [0.5, 0.6) is 11.5 Å². The van der Waals surface area contributed by atoms with E-state index in [0.29, 0.717) is 23.6 Å². The molecule has 0 bridgehead atoms. The Morgan fingerprint density at radius 2 is 1.90 bits per heavy atom. The third kappa shape index (κ3) is 3.95. The second-order valence-electron chi connectivity index (χ2n) is 8.50. The topological polar surface area (TPSA) is 77.7 Å². The van der Waals surface area contributed by atoms with Gasteiger partial charge in [0.25, 0.3) is 5.91 Å². The fourth-order valence-corrected chi connectivity index (χ4v) is 4.76. The molecule has 2 aliphatic heterocycles. The molecule has 1 fully saturated rings. The van der Waals surface area contributed by atoms with Crippen molar-refractivity contribution in [2.24, 2.45) is 5.73 Å². The Balaban J connectivity index is 1.26. The summed E-state index contributed by atoms with van der Waals surface area (Å²) in [7, 11) is 0. The summed E-state index contributed by atoms with van der Waals surface area (Å²) in [4.78, 5) is 19.2. The van der Waals surface area contributed by atoms with Gasteiger partial charge in [-0.15, -0.1) is 0 Å². The molecule has 0 aliphatic carbocycles. The van der Waals surface area contributed by atoms with E-state index < -0.39 is 5.91 Å². The molecule has 160 valence electrons. The summed E-state index contributed by atoms with van der Waals surface area (Å²) in [6.45, 7) is 5.52. The summed E-state index contributed by atoms with van der Waals surface area (Å²) in [5.74, 6) is 1.60. The van der Waals surface area contributed by atoms with E-state index in [9.17, 15) is 4.79 Å². The molecule has 1 atom stereocenters. The second-order valence-corrected chi connectivity index (χ2v) is 8.50. The first-order valence-electron chi connectivity index (χ1n) is 10.9. The van der Waals surface area contributed by atoms with Gasteiger partial charge in [-0.3, -0.25) is 14.7 Å². The van der Waals surface area contributed by atoms with Gasteiger partial charge in [0.2, 0.25) is 0 Å². The lowest BCUT2D eigenvalue weighted by Crippen LogP contribution is -2.44. The van der Waals surface area contributed by atoms with Crippen molar-refractivity contribution in [3.05, 3.63) is 65.4 Å². The van der Waals surface area contributed by atoms with Gasteiger partial charge in [0.05, 0.1) is 11.1 Å². The average molecular weight is 418 g/mol. The van der Waals surface area contributed by atoms with E-state index in [0.717, 1.165) is 55.1 Å². The average Bonchev–Trinajstić information content (AvgIpc) is 2.78. The number of likely N-dealkylation sites (tertiary alicyclic amines) is 1. The summed E-state index contributed by atoms with van der Waals surface area (Å²) in [6, 6.07) is 15.6. The van der Waals surface area contributed by atoms with Gasteiger partial charge in [-0.2, -0.15) is 0 Å². The van der Waals surface area contributed by atoms with E-state index in [2.05, 4.69) is 17.9 Å². The number of hydrogen-bond acceptors (Lipinski definition) is 5. The Bertz CT molecular complexity index is 1120. The standard InChI is InChI=1S/C25H27N3O3/c1-16-13-18-5-4-6-20(25(26)29)24(18)27-23(16)17-9-11-28(12-10-17)14-19-15-30-21-7-2-3-8-22(21)31-19/h2-8,13,17,19H,9-12,14-15H2,1H3,(H2,26,29). The number of carbonyl (C=O) groups excluding carboxylic acids is 1. The number of para-hydroxylation sites is 3. The zero-order valence-electron chi connectivity index (χ0n) is 17.7. The lowest BCUT2D eigenvalue weighted by Gasteiger charge is -2.35. The van der Waals surface area contributed by atoms with Crippen LogP contribution >= 0.6 is 0 Å². The molecule has 1 amide bonds. The molecular formula is C25H27N3O3. The summed E-state index contributed by atoms with van der Waals surface area (Å²) < 4.78 is 12.0. The molecule has 0 spiro atoms. The molecule has 3 aromatic rings. The Kier molecular flexibility index (Phi) is 5.24. The van der Waals surface area contributed by atoms with Crippen molar-refractivity contribution in [2.75, 3.05) is 26.2 Å². The third-order valence-electron chi connectivity index (χ3n) is 6.34. The summed E-state index contributed by atoms with van der Waals surface area (Å²) >= 11 is 0. The number of fused-ring (bicyclic) bond motifs is 2. The number of piperidine rings is 1. The smallest absolute Gasteiger partial charge is 0.250 e. The van der Waals surface area contributed by atoms with E-state index in [1.54, 1.807) is 6.07 Å². The minimum atomic E-state index is -0.431. The number of nitrogens with two attached hydrogens (primary N) is 1. The van der Waals surface area contributed by atoms with E-state index >= 15 is 0 Å². The van der Waals surface area contributed by atoms with Crippen molar-refractivity contribution in [2.45, 2.75) is 31.8 Å². The number of amides is 1. The van der Waals surface area contributed by atoms with Gasteiger partial charge in [0, 0.05) is 23.5 Å². The van der Waals surface area contributed by atoms with Crippen molar-refractivity contribution in [1.82, 2.24) is 9.88 Å². The molecule has 2 aromatic carbocycles. The summed E-state index contributed by atoms with van der Waals surface area (Å²) in [5.41, 5.74) is 9.04. The molecule has 0 saturated carbocycles. The highest BCUT2D eigenvalue weighted by molar-refractivity contribution is 6.04. The molecular weight excluding hydrogens is 390 g/mol. The minimum absolute atomic E-state index is 0.0464. The first-order chi connectivity index (χ1) is 15.1. The van der Waals surface area contributed by atoms with Crippen LogP contribution in [0.1, 0.15) is 40.4 Å². The summed E-state index contributed by atoms with van der Waals surface area (Å²) in [6.07, 6.45) is 2.11. The van der Waals surface area contributed by atoms with Gasteiger partial charge in [-0.1, -0.05) is 24.3 Å². The van der Waals surface area contributed by atoms with Gasteiger partial charge >= 0.3 is 0 Å². The molecule has 0 radical (unpaired) electrons. The molecule has 6 heteroatoms. The van der Waals surface area contributed by atoms with Crippen molar-refractivity contribution in [3.8, 4) is 11.5 Å². The number of aryl methyl sites for hydroxylation is 1. The van der Waals surface area contributed by atoms with Crippen LogP contribution in [0, 0.1) is 6.92 Å². The van der Waals surface area contributed by atoms with Crippen molar-refractivity contribution in [1.29, 1.82) is 0 Å². The normalized spacial score (nSPS) is 19.5. The van der Waals surface area contributed by atoms with Gasteiger partial charge in [-0.05, 0) is 62.7 Å². The van der Waals surface area contributed by atoms with Gasteiger partial charge < -0.3 is 15.2 Å². The number of ether oxygens (including phenoxy) is 2. The first-order valence-corrected chi connectivity index (χ1v) is 10.9. The van der Waals surface area contributed by atoms with E-state index in [4.69, 9.17) is 20.2 Å². The number of primary amides is 1. The quantitative estimate of drug-likeness (QED) is 0.701. The first kappa shape index (κ1) is 19.8. The van der Waals surface area contributed by atoms with Gasteiger partial charge in [0.1, 0.15) is 12.7 Å². The van der Waals surface area contributed by atoms with Crippen LogP contribution in [0.25, 0.3) is 10.9 Å². The van der Waals surface area contributed by atoms with Gasteiger partial charge in [-0.25, -0.2) is 0 Å². The zero-order valence-corrected chi connectivity index (χ0v) is 17.7. The summed E-state index contributed by atoms with van der Waals surface area (Å²) in [5, 5.41) is 0.963. The zero-order chi connectivity index (χ0) is 21.4. The monoisotopic (exact) mass is 417 g/mol. The largest absolute Gasteiger partial charge is 0.486 e. The Morgan fingerprint density at radius 1 is 1.13 bits per heavy atom. The maximum absolute atomic E-state index is 11.9. The molecule has 6 nitrogen and oxygen atoms in total. The van der Waals surface area contributed by atoms with Crippen LogP contribution in [0.3, 0.4) is 0 Å². The molecule has 1 unspecified atom stereocenters. The molecule has 2 N–H and O–H groups in total. The number of hydrogen-bond donors (Lipinski definition) is 1. The molecule has 1 aromatic heterocycles. The second kappa shape index (κ2) is 8.19. The number of benzene rings is 2. The predicted molar refractivity (Wildman–Crippen MR) is 120 cm³/mol. The van der Waals surface area contributed by atoms with Crippen LogP contribution in [0.15, 0.2) is 48.5 Å². The molecule has 5 rings (SSSR count). The van der Waals surface area contributed by atoms with Crippen LogP contribution in [-0.2, 0) is 0 Å². The van der Waals surface area contributed by atoms with Crippen molar-refractivity contribution < 1.29 is 14.3 Å². The number of pyridine rings is 1. The predicted octanol–water partition coefficient (Wildman–Crippen LogP) is 3.66. The Labute approximate surface area is 182 Å². The van der Waals surface area contributed by atoms with Crippen LogP contribution in [-0.4, -0.2) is 48.1 Å². The highest BCUT2D eigenvalue weighted by Crippen LogP contribution is 2.33. The molecule has 2 aliphatic rings. The van der Waals surface area contributed by atoms with E-state index in [1.807, 2.05) is 36.4 Å². The number of nitrogens with zero attached hydrogens (tertiary/aromatic N) is 2. The highest BCUT2D eigenvalue weighted by atomic mass is 16.6. The minimum Gasteiger partial charge on any atom is -0.486 e. The number of aromatic nitrogens is 1. The van der Waals surface area contributed by atoms with Gasteiger partial charge in [0.15, 0.2) is 11.5 Å². The van der Waals surface area contributed by atoms with E-state index in [-0.39, 0.29) is 6.10 Å². The maximum atomic E-state index is 11.9. The lowest BCUT2D eigenvalue weighted by atomic mass is 9.89. The Morgan fingerprint density at radius 3 is 2.68 bits per heavy atom. The third-order valence-corrected chi connectivity index (χ3v) is 6.34. The van der Waals surface area contributed by atoms with Crippen molar-refractivity contribution in [3.63, 3.8) is 0 Å². The molecule has 31 heavy (non-hydrogen) atoms. The fraction of sp³-hybridized carbons (Fsp3) is 0.360. The lowest BCUT2D eigenvalue weighted by molar-refractivity contribution is 0.0512. The molecule has 1 saturated heterocycles. The van der Waals surface area contributed by atoms with Crippen molar-refractivity contribution >= 4 is 16.8 Å². The highest BCUT2D eigenvalue weighted by Gasteiger charge is 2.28. The Hall–Kier alpha value is -3.12. The van der Waals surface area contributed by atoms with Crippen LogP contribution in [0.2, 0.25) is 0 Å². The molecule has 3 heterocycles. The number of rotatable bonds is 4. The fourth-order valence-electron chi connectivity index (χ4n) is 4.76.